The monoisotopic (exact) mass is 393 g/mol. The van der Waals surface area contributed by atoms with Crippen LogP contribution in [-0.2, 0) is 9.47 Å². The van der Waals surface area contributed by atoms with Gasteiger partial charge in [-0.05, 0) is 40.5 Å². The molecule has 0 aliphatic heterocycles. The summed E-state index contributed by atoms with van der Waals surface area (Å²) in [6, 6.07) is -0.453. The molecule has 0 aromatic carbocycles. The number of amides is 1. The average molecular weight is 393 g/mol. The molecule has 1 unspecified atom stereocenters. The first kappa shape index (κ1) is 19.3. The molecule has 1 fully saturated rings. The minimum atomic E-state index is -0.596. The lowest BCUT2D eigenvalue weighted by atomic mass is 10.2. The summed E-state index contributed by atoms with van der Waals surface area (Å²) in [7, 11) is 1.32. The van der Waals surface area contributed by atoms with Gasteiger partial charge >= 0.3 is 12.1 Å². The number of nitrogens with zero attached hydrogens (tertiary/aromatic N) is 4. The maximum Gasteiger partial charge on any atom is 0.408 e. The number of ether oxygens (including phenoxy) is 2. The molecule has 10 heteroatoms. The van der Waals surface area contributed by atoms with Crippen molar-refractivity contribution in [3.8, 4) is 5.13 Å². The average Bonchev–Trinajstić information content (AvgIpc) is 3.14. The van der Waals surface area contributed by atoms with Crippen LogP contribution < -0.4 is 5.32 Å². The number of thiazole rings is 1. The van der Waals surface area contributed by atoms with Gasteiger partial charge in [0.15, 0.2) is 11.6 Å². The first-order chi connectivity index (χ1) is 12.7. The van der Waals surface area contributed by atoms with Crippen molar-refractivity contribution in [2.75, 3.05) is 7.11 Å². The van der Waals surface area contributed by atoms with Gasteiger partial charge in [-0.25, -0.2) is 19.6 Å². The van der Waals surface area contributed by atoms with Crippen molar-refractivity contribution >= 4 is 23.4 Å². The summed E-state index contributed by atoms with van der Waals surface area (Å²) in [6.07, 6.45) is 3.00. The van der Waals surface area contributed by atoms with E-state index in [4.69, 9.17) is 9.47 Å². The largest absolute Gasteiger partial charge is 0.465 e. The highest BCUT2D eigenvalue weighted by molar-refractivity contribution is 7.15. The minimum absolute atomic E-state index is 0.332. The number of methoxy groups -OCH3 is 1. The number of esters is 1. The highest BCUT2D eigenvalue weighted by atomic mass is 32.1. The molecule has 3 rings (SSSR count). The number of aromatic nitrogens is 4. The van der Waals surface area contributed by atoms with E-state index in [0.29, 0.717) is 21.8 Å². The second-order valence-corrected chi connectivity index (χ2v) is 8.39. The lowest BCUT2D eigenvalue weighted by molar-refractivity contribution is 0.0504. The van der Waals surface area contributed by atoms with E-state index in [1.165, 1.54) is 13.3 Å². The van der Waals surface area contributed by atoms with Crippen LogP contribution in [0.4, 0.5) is 4.79 Å². The van der Waals surface area contributed by atoms with Crippen LogP contribution in [0.5, 0.6) is 0 Å². The molecule has 1 atom stereocenters. The second-order valence-electron chi connectivity index (χ2n) is 7.38. The summed E-state index contributed by atoms with van der Waals surface area (Å²) in [6.45, 7) is 7.20. The first-order valence-electron chi connectivity index (χ1n) is 8.69. The minimum Gasteiger partial charge on any atom is -0.465 e. The van der Waals surface area contributed by atoms with Gasteiger partial charge in [-0.2, -0.15) is 4.68 Å². The van der Waals surface area contributed by atoms with Crippen LogP contribution in [-0.4, -0.2) is 44.5 Å². The molecule has 1 amide bonds. The number of carbonyl (C=O) groups excluding carboxylic acids is 2. The van der Waals surface area contributed by atoms with Crippen LogP contribution >= 0.6 is 11.3 Å². The van der Waals surface area contributed by atoms with Gasteiger partial charge < -0.3 is 14.8 Å². The number of nitrogens with one attached hydrogen (secondary N) is 1. The number of alkyl carbamates (subject to hydrolysis) is 1. The molecule has 0 radical (unpaired) electrons. The predicted octanol–water partition coefficient (Wildman–Crippen LogP) is 2.97. The zero-order valence-electron chi connectivity index (χ0n) is 16.0. The summed E-state index contributed by atoms with van der Waals surface area (Å²) in [4.78, 5) is 33.1. The van der Waals surface area contributed by atoms with E-state index in [1.54, 1.807) is 32.4 Å². The summed E-state index contributed by atoms with van der Waals surface area (Å²) in [5.41, 5.74) is -0.596. The normalized spacial score (nSPS) is 15.3. The third-order valence-corrected chi connectivity index (χ3v) is 4.73. The molecule has 1 aliphatic carbocycles. The van der Waals surface area contributed by atoms with Gasteiger partial charge in [0.2, 0.25) is 5.13 Å². The summed E-state index contributed by atoms with van der Waals surface area (Å²) in [5, 5.41) is 7.82. The van der Waals surface area contributed by atoms with E-state index < -0.39 is 23.7 Å². The van der Waals surface area contributed by atoms with Gasteiger partial charge in [0.05, 0.1) is 19.3 Å². The predicted molar refractivity (Wildman–Crippen MR) is 98.1 cm³/mol. The van der Waals surface area contributed by atoms with Crippen LogP contribution in [0.25, 0.3) is 5.13 Å². The number of carbonyl (C=O) groups is 2. The number of rotatable bonds is 5. The van der Waals surface area contributed by atoms with Gasteiger partial charge in [-0.3, -0.25) is 0 Å². The Labute approximate surface area is 161 Å². The Morgan fingerprint density at radius 1 is 1.37 bits per heavy atom. The van der Waals surface area contributed by atoms with Gasteiger partial charge in [0, 0.05) is 5.92 Å². The van der Waals surface area contributed by atoms with Gasteiger partial charge in [0.25, 0.3) is 0 Å². The Balaban J connectivity index is 1.87. The smallest absolute Gasteiger partial charge is 0.408 e. The zero-order valence-corrected chi connectivity index (χ0v) is 16.8. The molecule has 0 bridgehead atoms. The van der Waals surface area contributed by atoms with E-state index in [0.717, 1.165) is 30.0 Å². The van der Waals surface area contributed by atoms with Crippen molar-refractivity contribution in [1.29, 1.82) is 0 Å². The van der Waals surface area contributed by atoms with E-state index in [1.807, 2.05) is 0 Å². The van der Waals surface area contributed by atoms with E-state index in [9.17, 15) is 9.59 Å². The van der Waals surface area contributed by atoms with E-state index >= 15 is 0 Å². The Kier molecular flexibility index (Phi) is 5.18. The Morgan fingerprint density at radius 3 is 2.67 bits per heavy atom. The van der Waals surface area contributed by atoms with Crippen LogP contribution in [0.2, 0.25) is 0 Å². The fraction of sp³-hybridized carbons (Fsp3) is 0.588. The van der Waals surface area contributed by atoms with Crippen molar-refractivity contribution in [2.24, 2.45) is 0 Å². The molecule has 0 saturated heterocycles. The Hall–Kier alpha value is -2.49. The summed E-state index contributed by atoms with van der Waals surface area (Å²) >= 11 is 1.16. The van der Waals surface area contributed by atoms with Crippen molar-refractivity contribution in [1.82, 2.24) is 25.1 Å². The van der Waals surface area contributed by atoms with Crippen molar-refractivity contribution in [3.63, 3.8) is 0 Å². The SMILES string of the molecule is COC(=O)c1cnc(-n2nc(C3CC3)nc2C(C)NC(=O)OC(C)(C)C)s1. The molecule has 1 N–H and O–H groups in total. The molecule has 0 spiro atoms. The summed E-state index contributed by atoms with van der Waals surface area (Å²) < 4.78 is 11.6. The molecule has 2 aromatic rings. The van der Waals surface area contributed by atoms with Gasteiger partial charge in [0.1, 0.15) is 10.5 Å². The van der Waals surface area contributed by atoms with Crippen molar-refractivity contribution in [3.05, 3.63) is 22.7 Å². The quantitative estimate of drug-likeness (QED) is 0.778. The van der Waals surface area contributed by atoms with Crippen molar-refractivity contribution in [2.45, 2.75) is 58.1 Å². The van der Waals surface area contributed by atoms with Gasteiger partial charge in [-0.1, -0.05) is 11.3 Å². The molecular weight excluding hydrogens is 370 g/mol. The van der Waals surface area contributed by atoms with Crippen LogP contribution in [0.15, 0.2) is 6.20 Å². The second kappa shape index (κ2) is 7.26. The van der Waals surface area contributed by atoms with Crippen LogP contribution in [0.3, 0.4) is 0 Å². The molecule has 2 aromatic heterocycles. The number of hydrogen-bond acceptors (Lipinski definition) is 8. The van der Waals surface area contributed by atoms with E-state index in [2.05, 4.69) is 20.4 Å². The highest BCUT2D eigenvalue weighted by Crippen LogP contribution is 2.39. The maximum absolute atomic E-state index is 12.1. The third-order valence-electron chi connectivity index (χ3n) is 3.77. The van der Waals surface area contributed by atoms with Crippen molar-refractivity contribution < 1.29 is 19.1 Å². The molecule has 1 aliphatic rings. The highest BCUT2D eigenvalue weighted by Gasteiger charge is 2.31. The topological polar surface area (TPSA) is 108 Å². The lowest BCUT2D eigenvalue weighted by Crippen LogP contribution is -2.34. The fourth-order valence-electron chi connectivity index (χ4n) is 2.38. The zero-order chi connectivity index (χ0) is 19.8. The van der Waals surface area contributed by atoms with Gasteiger partial charge in [-0.15, -0.1) is 5.10 Å². The fourth-order valence-corrected chi connectivity index (χ4v) is 3.18. The maximum atomic E-state index is 12.1. The molecule has 2 heterocycles. The first-order valence-corrected chi connectivity index (χ1v) is 9.50. The van der Waals surface area contributed by atoms with E-state index in [-0.39, 0.29) is 0 Å². The molecular formula is C17H23N5O4S. The third kappa shape index (κ3) is 4.62. The molecule has 1 saturated carbocycles. The Bertz CT molecular complexity index is 850. The van der Waals surface area contributed by atoms with Crippen LogP contribution in [0, 0.1) is 0 Å². The van der Waals surface area contributed by atoms with Crippen LogP contribution in [0.1, 0.15) is 73.8 Å². The summed E-state index contributed by atoms with van der Waals surface area (Å²) in [5.74, 6) is 1.13. The standard InChI is InChI=1S/C17H23N5O4S/c1-9(19-16(24)26-17(2,3)4)13-20-12(10-6-7-10)21-22(13)15-18-8-11(27-15)14(23)25-5/h8-10H,6-7H2,1-5H3,(H,19,24). The number of hydrogen-bond donors (Lipinski definition) is 1. The molecule has 27 heavy (non-hydrogen) atoms. The molecule has 146 valence electrons. The molecule has 9 nitrogen and oxygen atoms in total. The lowest BCUT2D eigenvalue weighted by Gasteiger charge is -2.21. The Morgan fingerprint density at radius 2 is 2.07 bits per heavy atom.